The van der Waals surface area contributed by atoms with Crippen LogP contribution in [0.1, 0.15) is 15.2 Å². The van der Waals surface area contributed by atoms with Crippen molar-refractivity contribution in [2.45, 2.75) is 6.92 Å². The summed E-state index contributed by atoms with van der Waals surface area (Å²) in [7, 11) is 1.63. The van der Waals surface area contributed by atoms with Crippen LogP contribution in [0.4, 0.5) is 5.69 Å². The van der Waals surface area contributed by atoms with E-state index in [2.05, 4.69) is 25.4 Å². The number of nitrogens with one attached hydrogen (secondary N) is 1. The van der Waals surface area contributed by atoms with E-state index >= 15 is 0 Å². The average Bonchev–Trinajstić information content (AvgIpc) is 3.27. The first kappa shape index (κ1) is 16.1. The normalized spacial score (nSPS) is 11.0. The molecule has 0 unspecified atom stereocenters. The van der Waals surface area contributed by atoms with E-state index in [1.165, 1.54) is 45.8 Å². The van der Waals surface area contributed by atoms with Crippen molar-refractivity contribution in [2.24, 2.45) is 7.05 Å². The largest absolute Gasteiger partial charge is 0.320 e. The molecule has 0 saturated heterocycles. The van der Waals surface area contributed by atoms with Crippen LogP contribution >= 0.6 is 11.3 Å². The van der Waals surface area contributed by atoms with Crippen LogP contribution in [0.2, 0.25) is 0 Å². The van der Waals surface area contributed by atoms with E-state index in [9.17, 15) is 9.59 Å². The van der Waals surface area contributed by atoms with Crippen molar-refractivity contribution in [1.29, 1.82) is 0 Å². The minimum atomic E-state index is -0.303. The zero-order valence-electron chi connectivity index (χ0n) is 13.9. The van der Waals surface area contributed by atoms with Gasteiger partial charge in [0.25, 0.3) is 11.5 Å². The molecule has 0 saturated carbocycles. The third-order valence-corrected chi connectivity index (χ3v) is 5.07. The van der Waals surface area contributed by atoms with Gasteiger partial charge < -0.3 is 9.88 Å². The lowest BCUT2D eigenvalue weighted by atomic mass is 10.2. The van der Waals surface area contributed by atoms with E-state index in [0.717, 1.165) is 0 Å². The molecule has 1 amide bonds. The van der Waals surface area contributed by atoms with Crippen LogP contribution in [0, 0.1) is 6.92 Å². The summed E-state index contributed by atoms with van der Waals surface area (Å²) < 4.78 is 2.92. The number of fused-ring (bicyclic) bond motifs is 1. The fraction of sp³-hybridized carbons (Fsp3) is 0.125. The first-order valence-corrected chi connectivity index (χ1v) is 8.43. The number of aromatic nitrogens is 6. The molecular formula is C16H13N7O2S. The molecule has 0 aliphatic heterocycles. The van der Waals surface area contributed by atoms with Crippen molar-refractivity contribution in [2.75, 3.05) is 5.32 Å². The summed E-state index contributed by atoms with van der Waals surface area (Å²) >= 11 is 1.20. The van der Waals surface area contributed by atoms with Gasteiger partial charge in [0.05, 0.1) is 28.5 Å². The molecule has 9 nitrogen and oxygen atoms in total. The van der Waals surface area contributed by atoms with Crippen molar-refractivity contribution < 1.29 is 4.79 Å². The second-order valence-corrected chi connectivity index (χ2v) is 6.60. The third-order valence-electron chi connectivity index (χ3n) is 3.88. The van der Waals surface area contributed by atoms with Crippen LogP contribution in [-0.2, 0) is 7.05 Å². The monoisotopic (exact) mass is 367 g/mol. The lowest BCUT2D eigenvalue weighted by Gasteiger charge is -2.05. The molecular weight excluding hydrogens is 354 g/mol. The number of hydrogen-bond donors (Lipinski definition) is 1. The van der Waals surface area contributed by atoms with E-state index in [1.807, 2.05) is 0 Å². The molecule has 1 N–H and O–H groups in total. The van der Waals surface area contributed by atoms with Crippen molar-refractivity contribution in [3.05, 3.63) is 58.1 Å². The predicted molar refractivity (Wildman–Crippen MR) is 96.7 cm³/mol. The van der Waals surface area contributed by atoms with Gasteiger partial charge >= 0.3 is 0 Å². The summed E-state index contributed by atoms with van der Waals surface area (Å²) in [5, 5.41) is 7.27. The van der Waals surface area contributed by atoms with Crippen LogP contribution in [-0.4, -0.2) is 35.2 Å². The van der Waals surface area contributed by atoms with Crippen molar-refractivity contribution in [1.82, 2.24) is 29.3 Å². The van der Waals surface area contributed by atoms with Gasteiger partial charge in [-0.1, -0.05) is 0 Å². The number of nitrogens with zero attached hydrogens (tertiary/aromatic N) is 6. The van der Waals surface area contributed by atoms with Gasteiger partial charge in [0.1, 0.15) is 17.5 Å². The molecule has 4 rings (SSSR count). The summed E-state index contributed by atoms with van der Waals surface area (Å²) in [5.41, 5.74) is 1.00. The minimum Gasteiger partial charge on any atom is -0.320 e. The molecule has 0 aromatic carbocycles. The molecule has 130 valence electrons. The summed E-state index contributed by atoms with van der Waals surface area (Å²) in [6.45, 7) is 1.75. The fourth-order valence-electron chi connectivity index (χ4n) is 2.54. The number of hydrogen-bond acceptors (Lipinski definition) is 7. The number of carbonyl (C=O) groups excluding carboxylic acids is 1. The Morgan fingerprint density at radius 2 is 2.08 bits per heavy atom. The molecule has 0 aliphatic carbocycles. The van der Waals surface area contributed by atoms with Crippen molar-refractivity contribution >= 4 is 33.1 Å². The topological polar surface area (TPSA) is 108 Å². The highest BCUT2D eigenvalue weighted by Gasteiger charge is 2.19. The Hall–Kier alpha value is -3.40. The maximum Gasteiger partial charge on any atom is 0.266 e. The van der Waals surface area contributed by atoms with E-state index in [1.54, 1.807) is 26.1 Å². The number of rotatable bonds is 3. The van der Waals surface area contributed by atoms with Crippen LogP contribution < -0.4 is 10.9 Å². The average molecular weight is 367 g/mol. The van der Waals surface area contributed by atoms with Crippen LogP contribution in [0.5, 0.6) is 0 Å². The number of aryl methyl sites for hydroxylation is 2. The van der Waals surface area contributed by atoms with Crippen molar-refractivity contribution in [3.8, 4) is 5.82 Å². The van der Waals surface area contributed by atoms with Gasteiger partial charge in [-0.05, 0) is 24.6 Å². The molecule has 0 fully saturated rings. The molecule has 0 aliphatic rings. The number of pyridine rings is 1. The smallest absolute Gasteiger partial charge is 0.266 e. The standard InChI is InChI=1S/C16H13N7O2S/c1-9-12-15(19-8-22(2)16(12)25)26-13(9)14(24)21-10-3-4-11(18-5-10)23-7-17-6-20-23/h3-8H,1-2H3,(H,21,24). The molecule has 4 aromatic heterocycles. The molecule has 4 heterocycles. The molecule has 10 heteroatoms. The van der Waals surface area contributed by atoms with Gasteiger partial charge in [0.2, 0.25) is 0 Å². The molecule has 0 radical (unpaired) electrons. The van der Waals surface area contributed by atoms with Gasteiger partial charge in [-0.3, -0.25) is 9.59 Å². The summed E-state index contributed by atoms with van der Waals surface area (Å²) in [6, 6.07) is 3.45. The summed E-state index contributed by atoms with van der Waals surface area (Å²) in [4.78, 5) is 38.2. The Morgan fingerprint density at radius 1 is 1.23 bits per heavy atom. The van der Waals surface area contributed by atoms with Crippen molar-refractivity contribution in [3.63, 3.8) is 0 Å². The Labute approximate surface area is 151 Å². The van der Waals surface area contributed by atoms with Gasteiger partial charge in [-0.2, -0.15) is 5.10 Å². The number of anilines is 1. The molecule has 0 spiro atoms. The van der Waals surface area contributed by atoms with Crippen LogP contribution in [0.25, 0.3) is 16.0 Å². The maximum atomic E-state index is 12.6. The zero-order valence-corrected chi connectivity index (χ0v) is 14.7. The number of thiophene rings is 1. The third kappa shape index (κ3) is 2.65. The van der Waals surface area contributed by atoms with Gasteiger partial charge in [-0.25, -0.2) is 19.6 Å². The molecule has 0 bridgehead atoms. The van der Waals surface area contributed by atoms with E-state index < -0.39 is 0 Å². The predicted octanol–water partition coefficient (Wildman–Crippen LogP) is 1.53. The lowest BCUT2D eigenvalue weighted by Crippen LogP contribution is -2.17. The molecule has 0 atom stereocenters. The van der Waals surface area contributed by atoms with Crippen LogP contribution in [0.15, 0.2) is 42.1 Å². The SMILES string of the molecule is Cc1c(C(=O)Nc2ccc(-n3cncn3)nc2)sc2ncn(C)c(=O)c12. The van der Waals surface area contributed by atoms with Gasteiger partial charge in [-0.15, -0.1) is 11.3 Å². The Balaban J connectivity index is 1.62. The van der Waals surface area contributed by atoms with E-state index in [4.69, 9.17) is 0 Å². The fourth-order valence-corrected chi connectivity index (χ4v) is 3.57. The lowest BCUT2D eigenvalue weighted by molar-refractivity contribution is 0.103. The summed E-state index contributed by atoms with van der Waals surface area (Å²) in [5.74, 6) is 0.286. The second kappa shape index (κ2) is 6.15. The molecule has 4 aromatic rings. The number of carbonyl (C=O) groups is 1. The Morgan fingerprint density at radius 3 is 2.77 bits per heavy atom. The highest BCUT2D eigenvalue weighted by Crippen LogP contribution is 2.27. The zero-order chi connectivity index (χ0) is 18.3. The second-order valence-electron chi connectivity index (χ2n) is 5.60. The quantitative estimate of drug-likeness (QED) is 0.588. The highest BCUT2D eigenvalue weighted by molar-refractivity contribution is 7.20. The summed E-state index contributed by atoms with van der Waals surface area (Å²) in [6.07, 6.45) is 5.94. The first-order valence-electron chi connectivity index (χ1n) is 7.61. The van der Waals surface area contributed by atoms with Gasteiger partial charge in [0.15, 0.2) is 5.82 Å². The van der Waals surface area contributed by atoms with E-state index in [-0.39, 0.29) is 11.5 Å². The Bertz CT molecular complexity index is 1160. The number of amides is 1. The van der Waals surface area contributed by atoms with Gasteiger partial charge in [0, 0.05) is 7.05 Å². The highest BCUT2D eigenvalue weighted by atomic mass is 32.1. The first-order chi connectivity index (χ1) is 12.5. The van der Waals surface area contributed by atoms with Crippen LogP contribution in [0.3, 0.4) is 0 Å². The molecule has 26 heavy (non-hydrogen) atoms. The maximum absolute atomic E-state index is 12.6. The van der Waals surface area contributed by atoms with E-state index in [0.29, 0.717) is 32.2 Å². The minimum absolute atomic E-state index is 0.165. The Kier molecular flexibility index (Phi) is 3.81.